The SMILES string of the molecule is Nc1ncnc(Oc2ccc(F)cc2[N+](=O)[O-])c1[N+](=O)[O-]. The Morgan fingerprint density at radius 1 is 1.19 bits per heavy atom. The standard InChI is InChI=1S/C10H6FN5O5/c11-5-1-2-7(6(3-5)15(17)18)21-10-8(16(19)20)9(12)13-4-14-10/h1-4H,(H2,12,13,14). The number of nitrogens with two attached hydrogens (primary N) is 1. The minimum Gasteiger partial charge on any atom is -0.426 e. The highest BCUT2D eigenvalue weighted by Crippen LogP contribution is 2.36. The van der Waals surface area contributed by atoms with Crippen LogP contribution in [-0.4, -0.2) is 19.8 Å². The number of aromatic nitrogens is 2. The van der Waals surface area contributed by atoms with E-state index in [0.717, 1.165) is 18.5 Å². The van der Waals surface area contributed by atoms with Crippen molar-refractivity contribution >= 4 is 17.2 Å². The molecule has 21 heavy (non-hydrogen) atoms. The van der Waals surface area contributed by atoms with E-state index in [1.807, 2.05) is 0 Å². The molecule has 0 aliphatic heterocycles. The number of halogens is 1. The summed E-state index contributed by atoms with van der Waals surface area (Å²) in [6.07, 6.45) is 0.896. The van der Waals surface area contributed by atoms with Crippen molar-refractivity contribution in [3.05, 3.63) is 50.6 Å². The molecule has 0 atom stereocenters. The Labute approximate surface area is 115 Å². The van der Waals surface area contributed by atoms with Gasteiger partial charge in [-0.3, -0.25) is 20.2 Å². The summed E-state index contributed by atoms with van der Waals surface area (Å²) in [6.45, 7) is 0. The van der Waals surface area contributed by atoms with Crippen LogP contribution in [0.2, 0.25) is 0 Å². The molecule has 0 fully saturated rings. The molecule has 10 nitrogen and oxygen atoms in total. The van der Waals surface area contributed by atoms with Crippen LogP contribution in [-0.2, 0) is 0 Å². The topological polar surface area (TPSA) is 147 Å². The van der Waals surface area contributed by atoms with E-state index in [9.17, 15) is 24.6 Å². The quantitative estimate of drug-likeness (QED) is 0.663. The van der Waals surface area contributed by atoms with Crippen molar-refractivity contribution in [3.63, 3.8) is 0 Å². The maximum atomic E-state index is 13.0. The normalized spacial score (nSPS) is 10.1. The second kappa shape index (κ2) is 5.32. The number of nitro groups is 2. The summed E-state index contributed by atoms with van der Waals surface area (Å²) in [4.78, 5) is 26.8. The Morgan fingerprint density at radius 2 is 1.90 bits per heavy atom. The van der Waals surface area contributed by atoms with Gasteiger partial charge in [0.15, 0.2) is 0 Å². The van der Waals surface area contributed by atoms with Crippen LogP contribution in [0.3, 0.4) is 0 Å². The third kappa shape index (κ3) is 2.80. The molecule has 1 heterocycles. The minimum absolute atomic E-state index is 0.414. The van der Waals surface area contributed by atoms with Crippen molar-refractivity contribution in [2.24, 2.45) is 0 Å². The van der Waals surface area contributed by atoms with Crippen molar-refractivity contribution in [2.45, 2.75) is 0 Å². The summed E-state index contributed by atoms with van der Waals surface area (Å²) in [6, 6.07) is 2.47. The van der Waals surface area contributed by atoms with E-state index in [2.05, 4.69) is 9.97 Å². The highest BCUT2D eigenvalue weighted by atomic mass is 19.1. The van der Waals surface area contributed by atoms with Crippen LogP contribution in [0.4, 0.5) is 21.6 Å². The first-order valence-electron chi connectivity index (χ1n) is 5.27. The predicted octanol–water partition coefficient (Wildman–Crippen LogP) is 1.81. The summed E-state index contributed by atoms with van der Waals surface area (Å²) in [5, 5.41) is 21.7. The summed E-state index contributed by atoms with van der Waals surface area (Å²) in [5.74, 6) is -2.31. The van der Waals surface area contributed by atoms with Gasteiger partial charge in [-0.25, -0.2) is 9.37 Å². The summed E-state index contributed by atoms with van der Waals surface area (Å²) in [5.41, 5.74) is 3.88. The van der Waals surface area contributed by atoms with Gasteiger partial charge >= 0.3 is 17.3 Å². The molecule has 0 bridgehead atoms. The Hall–Kier alpha value is -3.37. The number of hydrogen-bond acceptors (Lipinski definition) is 8. The Bertz CT molecular complexity index is 738. The summed E-state index contributed by atoms with van der Waals surface area (Å²) >= 11 is 0. The number of nitrogen functional groups attached to an aromatic ring is 1. The molecule has 0 radical (unpaired) electrons. The molecule has 108 valence electrons. The lowest BCUT2D eigenvalue weighted by Crippen LogP contribution is -2.03. The number of benzene rings is 1. The van der Waals surface area contributed by atoms with Crippen LogP contribution in [0.1, 0.15) is 0 Å². The summed E-state index contributed by atoms with van der Waals surface area (Å²) in [7, 11) is 0. The Kier molecular flexibility index (Phi) is 3.56. The predicted molar refractivity (Wildman–Crippen MR) is 66.2 cm³/mol. The van der Waals surface area contributed by atoms with Gasteiger partial charge in [-0.15, -0.1) is 0 Å². The monoisotopic (exact) mass is 295 g/mol. The van der Waals surface area contributed by atoms with Gasteiger partial charge in [0.2, 0.25) is 11.6 Å². The fraction of sp³-hybridized carbons (Fsp3) is 0. The Balaban J connectivity index is 2.51. The molecule has 2 rings (SSSR count). The smallest absolute Gasteiger partial charge is 0.372 e. The van der Waals surface area contributed by atoms with Crippen LogP contribution in [0, 0.1) is 26.0 Å². The molecule has 11 heteroatoms. The zero-order chi connectivity index (χ0) is 15.6. The molecule has 0 spiro atoms. The number of nitro benzene ring substituents is 1. The molecule has 0 unspecified atom stereocenters. The van der Waals surface area contributed by atoms with E-state index in [-0.39, 0.29) is 0 Å². The first kappa shape index (κ1) is 14.0. The van der Waals surface area contributed by atoms with Gasteiger partial charge in [0.1, 0.15) is 12.1 Å². The van der Waals surface area contributed by atoms with E-state index in [0.29, 0.717) is 6.07 Å². The van der Waals surface area contributed by atoms with Crippen molar-refractivity contribution < 1.29 is 19.0 Å². The van der Waals surface area contributed by atoms with Gasteiger partial charge in [-0.2, -0.15) is 4.98 Å². The van der Waals surface area contributed by atoms with Crippen molar-refractivity contribution in [3.8, 4) is 11.6 Å². The number of ether oxygens (including phenoxy) is 1. The van der Waals surface area contributed by atoms with E-state index >= 15 is 0 Å². The molecule has 0 aliphatic rings. The van der Waals surface area contributed by atoms with E-state index in [1.165, 1.54) is 0 Å². The zero-order valence-corrected chi connectivity index (χ0v) is 10.1. The maximum absolute atomic E-state index is 13.0. The average molecular weight is 295 g/mol. The molecule has 1 aromatic heterocycles. The largest absolute Gasteiger partial charge is 0.426 e. The minimum atomic E-state index is -0.894. The molecule has 0 saturated carbocycles. The molecule has 0 aliphatic carbocycles. The first-order chi connectivity index (χ1) is 9.90. The van der Waals surface area contributed by atoms with Crippen LogP contribution in [0.15, 0.2) is 24.5 Å². The van der Waals surface area contributed by atoms with Gasteiger partial charge in [0.05, 0.1) is 15.9 Å². The van der Waals surface area contributed by atoms with Crippen LogP contribution in [0.5, 0.6) is 11.6 Å². The number of anilines is 1. The number of rotatable bonds is 4. The molecule has 2 aromatic rings. The lowest BCUT2D eigenvalue weighted by atomic mass is 10.3. The van der Waals surface area contributed by atoms with Crippen LogP contribution in [0.25, 0.3) is 0 Å². The van der Waals surface area contributed by atoms with Crippen LogP contribution >= 0.6 is 0 Å². The number of hydrogen-bond donors (Lipinski definition) is 1. The molecular weight excluding hydrogens is 289 g/mol. The molecule has 1 aromatic carbocycles. The zero-order valence-electron chi connectivity index (χ0n) is 10.1. The number of nitrogens with zero attached hydrogens (tertiary/aromatic N) is 4. The highest BCUT2D eigenvalue weighted by molar-refractivity contribution is 5.60. The lowest BCUT2D eigenvalue weighted by Gasteiger charge is -2.06. The van der Waals surface area contributed by atoms with Gasteiger partial charge in [0.25, 0.3) is 0 Å². The van der Waals surface area contributed by atoms with Crippen molar-refractivity contribution in [1.82, 2.24) is 9.97 Å². The fourth-order valence-corrected chi connectivity index (χ4v) is 1.45. The second-order valence-corrected chi connectivity index (χ2v) is 3.64. The van der Waals surface area contributed by atoms with Crippen LogP contribution < -0.4 is 10.5 Å². The Morgan fingerprint density at radius 3 is 2.52 bits per heavy atom. The van der Waals surface area contributed by atoms with E-state index in [1.54, 1.807) is 0 Å². The molecule has 0 saturated heterocycles. The third-order valence-corrected chi connectivity index (χ3v) is 2.32. The average Bonchev–Trinajstić information content (AvgIpc) is 2.40. The summed E-state index contributed by atoms with van der Waals surface area (Å²) < 4.78 is 18.0. The maximum Gasteiger partial charge on any atom is 0.372 e. The highest BCUT2D eigenvalue weighted by Gasteiger charge is 2.26. The fourth-order valence-electron chi connectivity index (χ4n) is 1.45. The lowest BCUT2D eigenvalue weighted by molar-refractivity contribution is -0.387. The molecule has 0 amide bonds. The van der Waals surface area contributed by atoms with Gasteiger partial charge in [0, 0.05) is 0 Å². The van der Waals surface area contributed by atoms with E-state index < -0.39 is 44.5 Å². The third-order valence-electron chi connectivity index (χ3n) is 2.32. The van der Waals surface area contributed by atoms with E-state index in [4.69, 9.17) is 10.5 Å². The molecule has 2 N–H and O–H groups in total. The van der Waals surface area contributed by atoms with Gasteiger partial charge in [-0.1, -0.05) is 0 Å². The second-order valence-electron chi connectivity index (χ2n) is 3.64. The van der Waals surface area contributed by atoms with Crippen molar-refractivity contribution in [2.75, 3.05) is 5.73 Å². The van der Waals surface area contributed by atoms with Crippen molar-refractivity contribution in [1.29, 1.82) is 0 Å². The van der Waals surface area contributed by atoms with Gasteiger partial charge < -0.3 is 10.5 Å². The molecular formula is C10H6FN5O5. The first-order valence-corrected chi connectivity index (χ1v) is 5.27. The van der Waals surface area contributed by atoms with Gasteiger partial charge in [-0.05, 0) is 12.1 Å².